The molecule has 0 bridgehead atoms. The number of halogens is 2. The van der Waals surface area contributed by atoms with Crippen LogP contribution in [0.3, 0.4) is 0 Å². The molecule has 0 fully saturated rings. The molecule has 0 radical (unpaired) electrons. The lowest BCUT2D eigenvalue weighted by molar-refractivity contribution is 0.373. The van der Waals surface area contributed by atoms with Crippen LogP contribution >= 0.6 is 35.8 Å². The first-order valence-electron chi connectivity index (χ1n) is 6.50. The van der Waals surface area contributed by atoms with E-state index in [1.54, 1.807) is 11.8 Å². The number of benzene rings is 1. The Bertz CT molecular complexity index is 547. The Hall–Kier alpha value is -0.750. The molecule has 2 rings (SSSR count). The molecule has 1 heterocycles. The Morgan fingerprint density at radius 1 is 1.29 bits per heavy atom. The van der Waals surface area contributed by atoms with Crippen molar-refractivity contribution < 1.29 is 4.52 Å². The van der Waals surface area contributed by atoms with Crippen molar-refractivity contribution in [3.05, 3.63) is 41.0 Å². The highest BCUT2D eigenvalue weighted by Gasteiger charge is 2.16. The lowest BCUT2D eigenvalue weighted by Crippen LogP contribution is -2.24. The van der Waals surface area contributed by atoms with E-state index in [1.807, 2.05) is 31.3 Å². The van der Waals surface area contributed by atoms with Gasteiger partial charge >= 0.3 is 0 Å². The van der Waals surface area contributed by atoms with Gasteiger partial charge in [0.15, 0.2) is 5.82 Å². The van der Waals surface area contributed by atoms with Gasteiger partial charge in [-0.1, -0.05) is 16.8 Å². The zero-order chi connectivity index (χ0) is 14.5. The molecule has 1 aromatic carbocycles. The molecule has 4 nitrogen and oxygen atoms in total. The average Bonchev–Trinajstić information content (AvgIpc) is 2.89. The summed E-state index contributed by atoms with van der Waals surface area (Å²) in [6, 6.07) is 8.07. The van der Waals surface area contributed by atoms with E-state index < -0.39 is 0 Å². The van der Waals surface area contributed by atoms with E-state index in [0.717, 1.165) is 22.2 Å². The number of nitrogens with one attached hydrogen (secondary N) is 1. The van der Waals surface area contributed by atoms with Crippen LogP contribution in [-0.2, 0) is 6.42 Å². The molecule has 0 saturated carbocycles. The molecular weight excluding hydrogens is 329 g/mol. The normalized spacial score (nSPS) is 13.5. The van der Waals surface area contributed by atoms with Crippen LogP contribution in [0.1, 0.15) is 30.8 Å². The highest BCUT2D eigenvalue weighted by Crippen LogP contribution is 2.34. The minimum atomic E-state index is 0. The van der Waals surface area contributed by atoms with Crippen LogP contribution < -0.4 is 5.32 Å². The first kappa shape index (κ1) is 18.3. The van der Waals surface area contributed by atoms with Gasteiger partial charge in [-0.3, -0.25) is 0 Å². The molecule has 2 aromatic rings. The third-order valence-electron chi connectivity index (χ3n) is 2.94. The number of nitrogens with zero attached hydrogens (tertiary/aromatic N) is 2. The van der Waals surface area contributed by atoms with E-state index in [0.29, 0.717) is 11.9 Å². The molecule has 2 unspecified atom stereocenters. The molecule has 21 heavy (non-hydrogen) atoms. The summed E-state index contributed by atoms with van der Waals surface area (Å²) in [6.45, 7) is 4.14. The predicted octanol–water partition coefficient (Wildman–Crippen LogP) is 4.15. The summed E-state index contributed by atoms with van der Waals surface area (Å²) < 4.78 is 5.33. The molecule has 0 amide bonds. The zero-order valence-electron chi connectivity index (χ0n) is 12.2. The summed E-state index contributed by atoms with van der Waals surface area (Å²) in [4.78, 5) is 5.58. The molecule has 1 N–H and O–H groups in total. The first-order chi connectivity index (χ1) is 9.58. The van der Waals surface area contributed by atoms with E-state index in [9.17, 15) is 0 Å². The van der Waals surface area contributed by atoms with E-state index in [2.05, 4.69) is 29.3 Å². The lowest BCUT2D eigenvalue weighted by atomic mass is 10.2. The minimum Gasteiger partial charge on any atom is -0.338 e. The van der Waals surface area contributed by atoms with Crippen molar-refractivity contribution in [1.82, 2.24) is 15.5 Å². The standard InChI is InChI=1S/C14H18ClN3OS.ClH/c1-9(16-3)8-13-17-14(19-18-13)10(2)20-12-6-4-11(15)5-7-12;/h4-7,9-10,16H,8H2,1-3H3;1H. The minimum absolute atomic E-state index is 0. The van der Waals surface area contributed by atoms with E-state index in [1.165, 1.54) is 0 Å². The summed E-state index contributed by atoms with van der Waals surface area (Å²) >= 11 is 7.55. The number of hydrogen-bond donors (Lipinski definition) is 1. The largest absolute Gasteiger partial charge is 0.338 e. The fourth-order valence-electron chi connectivity index (χ4n) is 1.66. The monoisotopic (exact) mass is 347 g/mol. The Balaban J connectivity index is 0.00000220. The quantitative estimate of drug-likeness (QED) is 0.795. The smallest absolute Gasteiger partial charge is 0.239 e. The topological polar surface area (TPSA) is 51.0 Å². The summed E-state index contributed by atoms with van der Waals surface area (Å²) in [6.07, 6.45) is 0.762. The Morgan fingerprint density at radius 3 is 2.57 bits per heavy atom. The van der Waals surface area contributed by atoms with Crippen LogP contribution in [0.2, 0.25) is 5.02 Å². The number of likely N-dealkylation sites (N-methyl/N-ethyl adjacent to an activating group) is 1. The first-order valence-corrected chi connectivity index (χ1v) is 7.76. The van der Waals surface area contributed by atoms with Gasteiger partial charge in [-0.2, -0.15) is 4.98 Å². The molecule has 0 saturated heterocycles. The van der Waals surface area contributed by atoms with Gasteiger partial charge in [0, 0.05) is 22.4 Å². The number of aromatic nitrogens is 2. The summed E-state index contributed by atoms with van der Waals surface area (Å²) in [5.74, 6) is 1.40. The third-order valence-corrected chi connectivity index (χ3v) is 4.29. The molecule has 2 atom stereocenters. The van der Waals surface area contributed by atoms with Gasteiger partial charge in [0.1, 0.15) is 0 Å². The zero-order valence-corrected chi connectivity index (χ0v) is 14.6. The maximum Gasteiger partial charge on any atom is 0.239 e. The summed E-state index contributed by atoms with van der Waals surface area (Å²) in [5.41, 5.74) is 0. The second kappa shape index (κ2) is 8.63. The van der Waals surface area contributed by atoms with Crippen LogP contribution in [0.25, 0.3) is 0 Å². The molecular formula is C14H19Cl2N3OS. The maximum atomic E-state index is 5.87. The van der Waals surface area contributed by atoms with Crippen molar-refractivity contribution in [3.8, 4) is 0 Å². The molecule has 116 valence electrons. The van der Waals surface area contributed by atoms with Crippen LogP contribution in [0.5, 0.6) is 0 Å². The second-order valence-corrected chi connectivity index (χ2v) is 6.51. The number of hydrogen-bond acceptors (Lipinski definition) is 5. The highest BCUT2D eigenvalue weighted by atomic mass is 35.5. The van der Waals surface area contributed by atoms with Gasteiger partial charge in [-0.15, -0.1) is 24.2 Å². The summed E-state index contributed by atoms with van der Waals surface area (Å²) in [5, 5.41) is 8.03. The van der Waals surface area contributed by atoms with Crippen molar-refractivity contribution in [2.75, 3.05) is 7.05 Å². The lowest BCUT2D eigenvalue weighted by Gasteiger charge is -2.06. The van der Waals surface area contributed by atoms with Crippen LogP contribution in [0.15, 0.2) is 33.7 Å². The van der Waals surface area contributed by atoms with E-state index in [4.69, 9.17) is 16.1 Å². The van der Waals surface area contributed by atoms with Crippen molar-refractivity contribution in [3.63, 3.8) is 0 Å². The molecule has 0 spiro atoms. The highest BCUT2D eigenvalue weighted by molar-refractivity contribution is 7.99. The van der Waals surface area contributed by atoms with Gasteiger partial charge in [0.2, 0.25) is 5.89 Å². The number of rotatable bonds is 6. The Morgan fingerprint density at radius 2 is 1.95 bits per heavy atom. The predicted molar refractivity (Wildman–Crippen MR) is 89.5 cm³/mol. The summed E-state index contributed by atoms with van der Waals surface area (Å²) in [7, 11) is 1.92. The molecule has 7 heteroatoms. The SMILES string of the molecule is CNC(C)Cc1noc(C(C)Sc2ccc(Cl)cc2)n1.Cl. The Kier molecular flexibility index (Phi) is 7.52. The molecule has 0 aliphatic heterocycles. The van der Waals surface area contributed by atoms with Crippen molar-refractivity contribution in [2.24, 2.45) is 0 Å². The Labute approximate surface area is 140 Å². The third kappa shape index (κ3) is 5.51. The van der Waals surface area contributed by atoms with Crippen molar-refractivity contribution in [1.29, 1.82) is 0 Å². The van der Waals surface area contributed by atoms with Gasteiger partial charge < -0.3 is 9.84 Å². The van der Waals surface area contributed by atoms with Crippen molar-refractivity contribution in [2.45, 2.75) is 36.5 Å². The van der Waals surface area contributed by atoms with Crippen molar-refractivity contribution >= 4 is 35.8 Å². The average molecular weight is 348 g/mol. The maximum absolute atomic E-state index is 5.87. The van der Waals surface area contributed by atoms with Gasteiger partial charge in [0.25, 0.3) is 0 Å². The van der Waals surface area contributed by atoms with Gasteiger partial charge in [-0.25, -0.2) is 0 Å². The van der Waals surface area contributed by atoms with Crippen LogP contribution in [0, 0.1) is 0 Å². The van der Waals surface area contributed by atoms with Crippen LogP contribution in [0.4, 0.5) is 0 Å². The molecule has 1 aromatic heterocycles. The van der Waals surface area contributed by atoms with Gasteiger partial charge in [-0.05, 0) is 45.2 Å². The molecule has 0 aliphatic carbocycles. The van der Waals surface area contributed by atoms with E-state index >= 15 is 0 Å². The fraction of sp³-hybridized carbons (Fsp3) is 0.429. The second-order valence-electron chi connectivity index (χ2n) is 4.66. The van der Waals surface area contributed by atoms with Crippen LogP contribution in [-0.4, -0.2) is 23.2 Å². The van der Waals surface area contributed by atoms with E-state index in [-0.39, 0.29) is 17.7 Å². The fourth-order valence-corrected chi connectivity index (χ4v) is 2.68. The molecule has 0 aliphatic rings. The van der Waals surface area contributed by atoms with Gasteiger partial charge in [0.05, 0.1) is 5.25 Å². The number of thioether (sulfide) groups is 1.